The number of fused-ring (bicyclic) bond motifs is 1. The lowest BCUT2D eigenvalue weighted by atomic mass is 10.1. The topological polar surface area (TPSA) is 92.9 Å². The second kappa shape index (κ2) is 5.62. The number of hydrogen-bond donors (Lipinski definition) is 2. The van der Waals surface area contributed by atoms with Crippen molar-refractivity contribution in [2.75, 3.05) is 5.32 Å². The van der Waals surface area contributed by atoms with Crippen LogP contribution >= 0.6 is 0 Å². The Morgan fingerprint density at radius 3 is 2.71 bits per heavy atom. The van der Waals surface area contributed by atoms with E-state index in [1.165, 1.54) is 0 Å². The van der Waals surface area contributed by atoms with Crippen LogP contribution in [0.3, 0.4) is 0 Å². The van der Waals surface area contributed by atoms with Crippen molar-refractivity contribution in [3.8, 4) is 11.4 Å². The Labute approximate surface area is 137 Å². The number of aliphatic carboxylic acids is 1. The van der Waals surface area contributed by atoms with Crippen molar-refractivity contribution in [3.05, 3.63) is 72.2 Å². The number of rotatable bonds is 3. The van der Waals surface area contributed by atoms with E-state index < -0.39 is 5.97 Å². The largest absolute Gasteiger partial charge is 0.477 e. The van der Waals surface area contributed by atoms with Crippen LogP contribution in [0.15, 0.2) is 66.6 Å². The van der Waals surface area contributed by atoms with Crippen molar-refractivity contribution in [3.63, 3.8) is 0 Å². The molecule has 0 saturated carbocycles. The summed E-state index contributed by atoms with van der Waals surface area (Å²) in [7, 11) is 0. The molecule has 1 aliphatic heterocycles. The lowest BCUT2D eigenvalue weighted by Crippen LogP contribution is -2.24. The van der Waals surface area contributed by atoms with Crippen molar-refractivity contribution in [2.24, 2.45) is 0 Å². The van der Waals surface area contributed by atoms with Gasteiger partial charge in [-0.15, -0.1) is 5.10 Å². The molecule has 2 aromatic heterocycles. The number of benzene rings is 1. The van der Waals surface area contributed by atoms with Gasteiger partial charge in [-0.3, -0.25) is 4.98 Å². The molecule has 0 spiro atoms. The summed E-state index contributed by atoms with van der Waals surface area (Å²) in [4.78, 5) is 20.0. The minimum absolute atomic E-state index is 0.0726. The Morgan fingerprint density at radius 2 is 2.00 bits per heavy atom. The molecule has 7 nitrogen and oxygen atoms in total. The Hall–Kier alpha value is -3.48. The van der Waals surface area contributed by atoms with Gasteiger partial charge < -0.3 is 10.4 Å². The van der Waals surface area contributed by atoms with Crippen LogP contribution in [0, 0.1) is 0 Å². The van der Waals surface area contributed by atoms with Crippen LogP contribution in [0.5, 0.6) is 0 Å². The first-order valence-corrected chi connectivity index (χ1v) is 7.36. The smallest absolute Gasteiger partial charge is 0.352 e. The fourth-order valence-corrected chi connectivity index (χ4v) is 2.62. The highest BCUT2D eigenvalue weighted by molar-refractivity contribution is 5.90. The van der Waals surface area contributed by atoms with E-state index in [1.54, 1.807) is 29.2 Å². The zero-order chi connectivity index (χ0) is 16.5. The molecule has 0 unspecified atom stereocenters. The van der Waals surface area contributed by atoms with Gasteiger partial charge in [-0.05, 0) is 17.7 Å². The highest BCUT2D eigenvalue weighted by atomic mass is 16.4. The van der Waals surface area contributed by atoms with Gasteiger partial charge in [0, 0.05) is 18.0 Å². The number of nitrogens with one attached hydrogen (secondary N) is 1. The van der Waals surface area contributed by atoms with Crippen LogP contribution in [0.1, 0.15) is 11.6 Å². The van der Waals surface area contributed by atoms with Crippen LogP contribution in [0.2, 0.25) is 0 Å². The molecule has 1 aromatic carbocycles. The monoisotopic (exact) mass is 319 g/mol. The van der Waals surface area contributed by atoms with E-state index in [2.05, 4.69) is 20.4 Å². The summed E-state index contributed by atoms with van der Waals surface area (Å²) in [5, 5.41) is 16.7. The average molecular weight is 319 g/mol. The Balaban J connectivity index is 1.83. The van der Waals surface area contributed by atoms with Gasteiger partial charge in [0.15, 0.2) is 5.82 Å². The average Bonchev–Trinajstić information content (AvgIpc) is 3.06. The third-order valence-electron chi connectivity index (χ3n) is 3.75. The molecule has 7 heteroatoms. The first-order chi connectivity index (χ1) is 11.7. The zero-order valence-electron chi connectivity index (χ0n) is 12.5. The van der Waals surface area contributed by atoms with Crippen molar-refractivity contribution < 1.29 is 9.90 Å². The van der Waals surface area contributed by atoms with Gasteiger partial charge in [0.2, 0.25) is 5.95 Å². The summed E-state index contributed by atoms with van der Waals surface area (Å²) in [6, 6.07) is 12.8. The lowest BCUT2D eigenvalue weighted by molar-refractivity contribution is -0.132. The number of anilines is 1. The number of allylic oxidation sites excluding steroid dienone is 1. The molecule has 3 heterocycles. The molecular formula is C17H13N5O2. The molecule has 0 bridgehead atoms. The van der Waals surface area contributed by atoms with Crippen molar-refractivity contribution >= 4 is 11.9 Å². The van der Waals surface area contributed by atoms with Crippen molar-refractivity contribution in [2.45, 2.75) is 6.04 Å². The minimum atomic E-state index is -1.04. The van der Waals surface area contributed by atoms with Crippen LogP contribution in [-0.2, 0) is 4.79 Å². The van der Waals surface area contributed by atoms with Gasteiger partial charge >= 0.3 is 5.97 Å². The number of nitrogens with zero attached hydrogens (tertiary/aromatic N) is 4. The summed E-state index contributed by atoms with van der Waals surface area (Å²) in [5.74, 6) is -0.117. The van der Waals surface area contributed by atoms with Crippen LogP contribution in [-0.4, -0.2) is 30.8 Å². The van der Waals surface area contributed by atoms with Crippen LogP contribution in [0.25, 0.3) is 11.4 Å². The highest BCUT2D eigenvalue weighted by Crippen LogP contribution is 2.30. The molecule has 0 fully saturated rings. The predicted octanol–water partition coefficient (Wildman–Crippen LogP) is 2.32. The molecular weight excluding hydrogens is 306 g/mol. The van der Waals surface area contributed by atoms with Gasteiger partial charge in [0.1, 0.15) is 11.7 Å². The fourth-order valence-electron chi connectivity index (χ4n) is 2.62. The summed E-state index contributed by atoms with van der Waals surface area (Å²) in [5.41, 5.74) is 1.77. The SMILES string of the molecule is O=C(O)C1=C[C@H](c2cccnc2)n2nc(-c3ccccc3)nc2N1. The second-order valence-electron chi connectivity index (χ2n) is 5.31. The maximum absolute atomic E-state index is 11.4. The quantitative estimate of drug-likeness (QED) is 0.769. The minimum Gasteiger partial charge on any atom is -0.477 e. The number of aromatic nitrogens is 4. The molecule has 0 amide bonds. The summed E-state index contributed by atoms with van der Waals surface area (Å²) in [6.07, 6.45) is 4.97. The van der Waals surface area contributed by atoms with Crippen LogP contribution < -0.4 is 5.32 Å². The normalized spacial score (nSPS) is 16.0. The molecule has 0 saturated heterocycles. The Kier molecular flexibility index (Phi) is 3.31. The number of pyridine rings is 1. The van der Waals surface area contributed by atoms with E-state index in [4.69, 9.17) is 0 Å². The molecule has 4 rings (SSSR count). The van der Waals surface area contributed by atoms with E-state index in [1.807, 2.05) is 36.4 Å². The fraction of sp³-hybridized carbons (Fsp3) is 0.0588. The standard InChI is InChI=1S/C17H13N5O2/c23-16(24)13-9-14(12-7-4-8-18-10-12)22-17(19-13)20-15(21-22)11-5-2-1-3-6-11/h1-10,14H,(H,23,24)(H,19,20,21)/t14-/m1/s1. The van der Waals surface area contributed by atoms with Gasteiger partial charge in [0.25, 0.3) is 0 Å². The number of carboxylic acids is 1. The number of carboxylic acid groups (broad SMARTS) is 1. The van der Waals surface area contributed by atoms with Gasteiger partial charge in [-0.25, -0.2) is 9.48 Å². The maximum Gasteiger partial charge on any atom is 0.352 e. The third-order valence-corrected chi connectivity index (χ3v) is 3.75. The molecule has 1 aliphatic rings. The van der Waals surface area contributed by atoms with E-state index in [-0.39, 0.29) is 11.7 Å². The second-order valence-corrected chi connectivity index (χ2v) is 5.31. The molecule has 0 radical (unpaired) electrons. The molecule has 118 valence electrons. The molecule has 2 N–H and O–H groups in total. The first-order valence-electron chi connectivity index (χ1n) is 7.36. The highest BCUT2D eigenvalue weighted by Gasteiger charge is 2.27. The van der Waals surface area contributed by atoms with E-state index in [0.717, 1.165) is 11.1 Å². The first kappa shape index (κ1) is 14.1. The zero-order valence-corrected chi connectivity index (χ0v) is 12.5. The molecule has 24 heavy (non-hydrogen) atoms. The Bertz CT molecular complexity index is 919. The number of carbonyl (C=O) groups is 1. The number of hydrogen-bond acceptors (Lipinski definition) is 5. The predicted molar refractivity (Wildman–Crippen MR) is 87.2 cm³/mol. The van der Waals surface area contributed by atoms with E-state index in [0.29, 0.717) is 11.8 Å². The molecule has 1 atom stereocenters. The van der Waals surface area contributed by atoms with Crippen molar-refractivity contribution in [1.82, 2.24) is 19.7 Å². The van der Waals surface area contributed by atoms with Gasteiger partial charge in [-0.2, -0.15) is 4.98 Å². The Morgan fingerprint density at radius 1 is 1.17 bits per heavy atom. The van der Waals surface area contributed by atoms with Gasteiger partial charge in [0.05, 0.1) is 0 Å². The van der Waals surface area contributed by atoms with Gasteiger partial charge in [-0.1, -0.05) is 36.4 Å². The summed E-state index contributed by atoms with van der Waals surface area (Å²) in [6.45, 7) is 0. The summed E-state index contributed by atoms with van der Waals surface area (Å²) >= 11 is 0. The molecule has 0 aliphatic carbocycles. The summed E-state index contributed by atoms with van der Waals surface area (Å²) < 4.78 is 1.67. The maximum atomic E-state index is 11.4. The molecule has 3 aromatic rings. The third kappa shape index (κ3) is 2.41. The van der Waals surface area contributed by atoms with E-state index in [9.17, 15) is 9.90 Å². The lowest BCUT2D eigenvalue weighted by Gasteiger charge is -2.21. The van der Waals surface area contributed by atoms with E-state index >= 15 is 0 Å². The van der Waals surface area contributed by atoms with Crippen molar-refractivity contribution in [1.29, 1.82) is 0 Å². The van der Waals surface area contributed by atoms with Crippen LogP contribution in [0.4, 0.5) is 5.95 Å².